The highest BCUT2D eigenvalue weighted by Crippen LogP contribution is 2.23. The van der Waals surface area contributed by atoms with E-state index in [2.05, 4.69) is 10.6 Å². The topological polar surface area (TPSA) is 59.6 Å². The average Bonchev–Trinajstić information content (AvgIpc) is 2.98. The van der Waals surface area contributed by atoms with Crippen LogP contribution in [0.2, 0.25) is 0 Å². The smallest absolute Gasteiger partial charge is 0.224 e. The van der Waals surface area contributed by atoms with E-state index in [4.69, 9.17) is 9.47 Å². The molecule has 6 heteroatoms. The standard InChI is InChI=1S/C14H20N2O3.ClH/c1-18-12-3-4-13(19-2)11(7-12)9-16-14(17)10-5-6-15-8-10;/h3-4,7,10,15H,5-6,8-9H2,1-2H3,(H,16,17);1H. The highest BCUT2D eigenvalue weighted by molar-refractivity contribution is 5.85. The molecule has 20 heavy (non-hydrogen) atoms. The van der Waals surface area contributed by atoms with Crippen LogP contribution < -0.4 is 20.1 Å². The van der Waals surface area contributed by atoms with Crippen molar-refractivity contribution < 1.29 is 14.3 Å². The number of nitrogens with one attached hydrogen (secondary N) is 2. The number of rotatable bonds is 5. The van der Waals surface area contributed by atoms with Crippen molar-refractivity contribution in [3.63, 3.8) is 0 Å². The number of ether oxygens (including phenoxy) is 2. The predicted octanol–water partition coefficient (Wildman–Crippen LogP) is 1.35. The summed E-state index contributed by atoms with van der Waals surface area (Å²) < 4.78 is 10.5. The van der Waals surface area contributed by atoms with Crippen LogP contribution in [0.15, 0.2) is 18.2 Å². The highest BCUT2D eigenvalue weighted by Gasteiger charge is 2.22. The van der Waals surface area contributed by atoms with Gasteiger partial charge >= 0.3 is 0 Å². The molecule has 0 spiro atoms. The second kappa shape index (κ2) is 7.97. The lowest BCUT2D eigenvalue weighted by atomic mass is 10.1. The van der Waals surface area contributed by atoms with Crippen molar-refractivity contribution in [2.45, 2.75) is 13.0 Å². The summed E-state index contributed by atoms with van der Waals surface area (Å²) in [6, 6.07) is 5.56. The van der Waals surface area contributed by atoms with E-state index in [1.807, 2.05) is 18.2 Å². The third-order valence-electron chi connectivity index (χ3n) is 3.37. The molecule has 2 N–H and O–H groups in total. The van der Waals surface area contributed by atoms with Crippen LogP contribution in [0.3, 0.4) is 0 Å². The van der Waals surface area contributed by atoms with Gasteiger partial charge in [-0.3, -0.25) is 4.79 Å². The fourth-order valence-corrected chi connectivity index (χ4v) is 2.23. The summed E-state index contributed by atoms with van der Waals surface area (Å²) in [6.45, 7) is 2.14. The van der Waals surface area contributed by atoms with Crippen molar-refractivity contribution >= 4 is 18.3 Å². The van der Waals surface area contributed by atoms with Gasteiger partial charge in [-0.05, 0) is 31.2 Å². The van der Waals surface area contributed by atoms with Gasteiger partial charge in [-0.1, -0.05) is 0 Å². The first kappa shape index (κ1) is 16.6. The van der Waals surface area contributed by atoms with E-state index in [0.29, 0.717) is 6.54 Å². The lowest BCUT2D eigenvalue weighted by molar-refractivity contribution is -0.124. The molecule has 112 valence electrons. The van der Waals surface area contributed by atoms with Crippen LogP contribution in [0.5, 0.6) is 11.5 Å². The Kier molecular flexibility index (Phi) is 6.61. The van der Waals surface area contributed by atoms with Crippen molar-refractivity contribution in [3.05, 3.63) is 23.8 Å². The number of benzene rings is 1. The zero-order valence-corrected chi connectivity index (χ0v) is 12.6. The molecule has 1 unspecified atom stereocenters. The summed E-state index contributed by atoms with van der Waals surface area (Å²) in [5.41, 5.74) is 0.918. The Morgan fingerprint density at radius 2 is 2.20 bits per heavy atom. The van der Waals surface area contributed by atoms with E-state index < -0.39 is 0 Å². The third kappa shape index (κ3) is 4.02. The summed E-state index contributed by atoms with van der Waals surface area (Å²) in [4.78, 5) is 11.9. The molecule has 1 aromatic carbocycles. The highest BCUT2D eigenvalue weighted by atomic mass is 35.5. The van der Waals surface area contributed by atoms with Crippen molar-refractivity contribution in [1.29, 1.82) is 0 Å². The molecule has 1 aliphatic rings. The SMILES string of the molecule is COc1ccc(OC)c(CNC(=O)C2CCNC2)c1.Cl. The molecule has 1 fully saturated rings. The van der Waals surface area contributed by atoms with Crippen LogP contribution in [0.1, 0.15) is 12.0 Å². The average molecular weight is 301 g/mol. The molecule has 0 bridgehead atoms. The summed E-state index contributed by atoms with van der Waals surface area (Å²) >= 11 is 0. The van der Waals surface area contributed by atoms with Gasteiger partial charge in [0.05, 0.1) is 20.1 Å². The molecule has 5 nitrogen and oxygen atoms in total. The van der Waals surface area contributed by atoms with Gasteiger partial charge in [0.2, 0.25) is 5.91 Å². The Bertz CT molecular complexity index is 448. The van der Waals surface area contributed by atoms with Crippen molar-refractivity contribution in [1.82, 2.24) is 10.6 Å². The van der Waals surface area contributed by atoms with Crippen LogP contribution in [0.25, 0.3) is 0 Å². The first-order valence-corrected chi connectivity index (χ1v) is 6.44. The summed E-state index contributed by atoms with van der Waals surface area (Å²) in [5, 5.41) is 6.14. The molecule has 1 aliphatic heterocycles. The molecule has 1 aromatic rings. The number of halogens is 1. The van der Waals surface area contributed by atoms with Gasteiger partial charge in [-0.15, -0.1) is 12.4 Å². The zero-order valence-electron chi connectivity index (χ0n) is 11.8. The number of amides is 1. The molecule has 0 aliphatic carbocycles. The largest absolute Gasteiger partial charge is 0.497 e. The van der Waals surface area contributed by atoms with E-state index in [-0.39, 0.29) is 24.2 Å². The number of hydrogen-bond acceptors (Lipinski definition) is 4. The lowest BCUT2D eigenvalue weighted by Gasteiger charge is -2.13. The second-order valence-corrected chi connectivity index (χ2v) is 4.59. The van der Waals surface area contributed by atoms with Crippen molar-refractivity contribution in [2.75, 3.05) is 27.3 Å². The Morgan fingerprint density at radius 1 is 1.40 bits per heavy atom. The zero-order chi connectivity index (χ0) is 13.7. The molecule has 0 saturated carbocycles. The van der Waals surface area contributed by atoms with Gasteiger partial charge in [0.15, 0.2) is 0 Å². The molecule has 0 aromatic heterocycles. The number of methoxy groups -OCH3 is 2. The lowest BCUT2D eigenvalue weighted by Crippen LogP contribution is -2.31. The molecule has 1 heterocycles. The van der Waals surface area contributed by atoms with Gasteiger partial charge in [-0.25, -0.2) is 0 Å². The first-order valence-electron chi connectivity index (χ1n) is 6.44. The molecular formula is C14H21ClN2O3. The van der Waals surface area contributed by atoms with Crippen LogP contribution in [0.4, 0.5) is 0 Å². The number of hydrogen-bond donors (Lipinski definition) is 2. The van der Waals surface area contributed by atoms with E-state index in [9.17, 15) is 4.79 Å². The monoisotopic (exact) mass is 300 g/mol. The van der Waals surface area contributed by atoms with Gasteiger partial charge < -0.3 is 20.1 Å². The van der Waals surface area contributed by atoms with Crippen LogP contribution in [-0.2, 0) is 11.3 Å². The predicted molar refractivity (Wildman–Crippen MR) is 79.6 cm³/mol. The number of carbonyl (C=O) groups excluding carboxylic acids is 1. The minimum Gasteiger partial charge on any atom is -0.497 e. The molecule has 1 atom stereocenters. The van der Waals surface area contributed by atoms with E-state index in [1.165, 1.54) is 0 Å². The van der Waals surface area contributed by atoms with Crippen LogP contribution in [-0.4, -0.2) is 33.2 Å². The summed E-state index contributed by atoms with van der Waals surface area (Å²) in [5.74, 6) is 1.68. The quantitative estimate of drug-likeness (QED) is 0.862. The maximum Gasteiger partial charge on any atom is 0.224 e. The molecular weight excluding hydrogens is 280 g/mol. The molecule has 0 radical (unpaired) electrons. The minimum absolute atomic E-state index is 0. The minimum atomic E-state index is 0. The Labute approximate surface area is 125 Å². The first-order chi connectivity index (χ1) is 9.24. The number of carbonyl (C=O) groups is 1. The van der Waals surface area contributed by atoms with Gasteiger partial charge in [0, 0.05) is 18.7 Å². The van der Waals surface area contributed by atoms with E-state index >= 15 is 0 Å². The van der Waals surface area contributed by atoms with E-state index in [0.717, 1.165) is 36.6 Å². The van der Waals surface area contributed by atoms with Crippen LogP contribution >= 0.6 is 12.4 Å². The Balaban J connectivity index is 0.00000200. The van der Waals surface area contributed by atoms with Crippen molar-refractivity contribution in [3.8, 4) is 11.5 Å². The maximum absolute atomic E-state index is 11.9. The summed E-state index contributed by atoms with van der Waals surface area (Å²) in [7, 11) is 3.24. The maximum atomic E-state index is 11.9. The third-order valence-corrected chi connectivity index (χ3v) is 3.37. The van der Waals surface area contributed by atoms with Crippen LogP contribution in [0, 0.1) is 5.92 Å². The Morgan fingerprint density at radius 3 is 2.80 bits per heavy atom. The summed E-state index contributed by atoms with van der Waals surface area (Å²) in [6.07, 6.45) is 0.904. The van der Waals surface area contributed by atoms with Gasteiger partial charge in [0.1, 0.15) is 11.5 Å². The normalized spacial score (nSPS) is 17.2. The molecule has 2 rings (SSSR count). The van der Waals surface area contributed by atoms with Gasteiger partial charge in [0.25, 0.3) is 0 Å². The Hall–Kier alpha value is -1.46. The molecule has 1 amide bonds. The molecule has 1 saturated heterocycles. The second-order valence-electron chi connectivity index (χ2n) is 4.59. The fraction of sp³-hybridized carbons (Fsp3) is 0.500. The van der Waals surface area contributed by atoms with Gasteiger partial charge in [-0.2, -0.15) is 0 Å². The van der Waals surface area contributed by atoms with E-state index in [1.54, 1.807) is 14.2 Å². The van der Waals surface area contributed by atoms with Crippen molar-refractivity contribution in [2.24, 2.45) is 5.92 Å². The fourth-order valence-electron chi connectivity index (χ4n) is 2.23.